The Bertz CT molecular complexity index is 502. The van der Waals surface area contributed by atoms with E-state index in [1.807, 2.05) is 0 Å². The Labute approximate surface area is 117 Å². The van der Waals surface area contributed by atoms with E-state index in [-0.39, 0.29) is 6.42 Å². The number of methoxy groups -OCH3 is 2. The van der Waals surface area contributed by atoms with Crippen molar-refractivity contribution < 1.29 is 19.4 Å². The zero-order valence-corrected chi connectivity index (χ0v) is 12.2. The maximum Gasteiger partial charge on any atom is 0.320 e. The van der Waals surface area contributed by atoms with Gasteiger partial charge in [-0.3, -0.25) is 4.79 Å². The first kappa shape index (κ1) is 15.6. The Hall–Kier alpha value is -1.46. The van der Waals surface area contributed by atoms with E-state index in [1.54, 1.807) is 13.8 Å². The van der Waals surface area contributed by atoms with Crippen LogP contribution in [0.5, 0.6) is 11.5 Å². The molecule has 19 heavy (non-hydrogen) atoms. The summed E-state index contributed by atoms with van der Waals surface area (Å²) in [5, 5.41) is 9.39. The number of aliphatic carboxylic acids is 1. The molecule has 1 atom stereocenters. The summed E-state index contributed by atoms with van der Waals surface area (Å²) in [7, 11) is 3.03. The second-order valence-electron chi connectivity index (χ2n) is 4.26. The smallest absolute Gasteiger partial charge is 0.320 e. The zero-order valence-electron chi connectivity index (χ0n) is 11.4. The minimum Gasteiger partial charge on any atom is -0.496 e. The van der Waals surface area contributed by atoms with Crippen molar-refractivity contribution >= 4 is 17.6 Å². The SMILES string of the molecule is COc1c(C)c(CC(N)C(=O)O)c(OC)c(C)c1Cl. The lowest BCUT2D eigenvalue weighted by Crippen LogP contribution is -2.32. The summed E-state index contributed by atoms with van der Waals surface area (Å²) in [4.78, 5) is 10.9. The van der Waals surface area contributed by atoms with Crippen LogP contribution in [0.15, 0.2) is 0 Å². The van der Waals surface area contributed by atoms with E-state index in [0.29, 0.717) is 27.6 Å². The molecule has 1 aromatic rings. The van der Waals surface area contributed by atoms with Crippen LogP contribution in [0, 0.1) is 13.8 Å². The molecule has 0 aliphatic heterocycles. The summed E-state index contributed by atoms with van der Waals surface area (Å²) >= 11 is 6.20. The van der Waals surface area contributed by atoms with Crippen LogP contribution in [0.3, 0.4) is 0 Å². The molecule has 0 spiro atoms. The van der Waals surface area contributed by atoms with Gasteiger partial charge < -0.3 is 20.3 Å². The standard InChI is InChI=1S/C13H18ClNO4/c1-6-8(5-9(15)13(16)17)11(18-3)7(2)10(14)12(6)19-4/h9H,5,15H2,1-4H3,(H,16,17). The minimum atomic E-state index is -1.06. The van der Waals surface area contributed by atoms with Crippen LogP contribution in [0.2, 0.25) is 5.02 Å². The third-order valence-electron chi connectivity index (χ3n) is 3.09. The summed E-state index contributed by atoms with van der Waals surface area (Å²) in [6.45, 7) is 3.59. The summed E-state index contributed by atoms with van der Waals surface area (Å²) < 4.78 is 10.6. The van der Waals surface area contributed by atoms with Gasteiger partial charge in [-0.1, -0.05) is 11.6 Å². The van der Waals surface area contributed by atoms with Gasteiger partial charge in [-0.2, -0.15) is 0 Å². The highest BCUT2D eigenvalue weighted by molar-refractivity contribution is 6.33. The highest BCUT2D eigenvalue weighted by Crippen LogP contribution is 2.41. The Balaban J connectivity index is 3.43. The number of hydrogen-bond donors (Lipinski definition) is 2. The van der Waals surface area contributed by atoms with Crippen molar-refractivity contribution in [2.45, 2.75) is 26.3 Å². The molecule has 6 heteroatoms. The second kappa shape index (κ2) is 6.12. The molecule has 106 valence electrons. The first-order valence-electron chi connectivity index (χ1n) is 5.73. The second-order valence-corrected chi connectivity index (χ2v) is 4.64. The summed E-state index contributed by atoms with van der Waals surface area (Å²) in [5.74, 6) is 0.0144. The lowest BCUT2D eigenvalue weighted by atomic mass is 9.96. The van der Waals surface area contributed by atoms with E-state index >= 15 is 0 Å². The van der Waals surface area contributed by atoms with Gasteiger partial charge in [0, 0.05) is 17.5 Å². The lowest BCUT2D eigenvalue weighted by molar-refractivity contribution is -0.138. The minimum absolute atomic E-state index is 0.151. The van der Waals surface area contributed by atoms with Crippen LogP contribution in [0.25, 0.3) is 0 Å². The van der Waals surface area contributed by atoms with Crippen molar-refractivity contribution in [3.63, 3.8) is 0 Å². The number of carboxylic acid groups (broad SMARTS) is 1. The molecule has 3 N–H and O–H groups in total. The molecule has 0 radical (unpaired) electrons. The molecular weight excluding hydrogens is 270 g/mol. The van der Waals surface area contributed by atoms with Crippen LogP contribution in [-0.4, -0.2) is 31.3 Å². The van der Waals surface area contributed by atoms with Crippen molar-refractivity contribution in [1.82, 2.24) is 0 Å². The van der Waals surface area contributed by atoms with E-state index < -0.39 is 12.0 Å². The lowest BCUT2D eigenvalue weighted by Gasteiger charge is -2.20. The van der Waals surface area contributed by atoms with Crippen molar-refractivity contribution in [1.29, 1.82) is 0 Å². The van der Waals surface area contributed by atoms with Crippen molar-refractivity contribution in [2.75, 3.05) is 14.2 Å². The first-order chi connectivity index (χ1) is 8.84. The van der Waals surface area contributed by atoms with E-state index in [9.17, 15) is 4.79 Å². The molecule has 0 amide bonds. The van der Waals surface area contributed by atoms with Gasteiger partial charge in [-0.15, -0.1) is 0 Å². The fourth-order valence-corrected chi connectivity index (χ4v) is 2.34. The number of halogens is 1. The van der Waals surface area contributed by atoms with E-state index in [1.165, 1.54) is 14.2 Å². The average molecular weight is 288 g/mol. The maximum atomic E-state index is 10.9. The van der Waals surface area contributed by atoms with Crippen LogP contribution < -0.4 is 15.2 Å². The predicted octanol–water partition coefficient (Wildman–Crippen LogP) is 1.93. The van der Waals surface area contributed by atoms with Gasteiger partial charge in [0.2, 0.25) is 0 Å². The van der Waals surface area contributed by atoms with Crippen molar-refractivity contribution in [3.8, 4) is 11.5 Å². The van der Waals surface area contributed by atoms with Gasteiger partial charge >= 0.3 is 5.97 Å². The monoisotopic (exact) mass is 287 g/mol. The number of ether oxygens (including phenoxy) is 2. The molecule has 0 saturated heterocycles. The fourth-order valence-electron chi connectivity index (χ4n) is 2.04. The number of hydrogen-bond acceptors (Lipinski definition) is 4. The van der Waals surface area contributed by atoms with Crippen LogP contribution >= 0.6 is 11.6 Å². The quantitative estimate of drug-likeness (QED) is 0.865. The van der Waals surface area contributed by atoms with E-state index in [2.05, 4.69) is 0 Å². The fraction of sp³-hybridized carbons (Fsp3) is 0.462. The Morgan fingerprint density at radius 1 is 1.26 bits per heavy atom. The molecule has 5 nitrogen and oxygen atoms in total. The average Bonchev–Trinajstić information content (AvgIpc) is 2.36. The van der Waals surface area contributed by atoms with Gasteiger partial charge in [0.25, 0.3) is 0 Å². The summed E-state index contributed by atoms with van der Waals surface area (Å²) in [5.41, 5.74) is 7.75. The van der Waals surface area contributed by atoms with Gasteiger partial charge in [-0.05, 0) is 19.4 Å². The van der Waals surface area contributed by atoms with Gasteiger partial charge in [0.1, 0.15) is 17.5 Å². The summed E-state index contributed by atoms with van der Waals surface area (Å²) in [6.07, 6.45) is 0.151. The molecule has 0 aliphatic carbocycles. The molecule has 1 aromatic carbocycles. The van der Waals surface area contributed by atoms with Gasteiger partial charge in [0.05, 0.1) is 19.2 Å². The highest BCUT2D eigenvalue weighted by Gasteiger charge is 2.23. The van der Waals surface area contributed by atoms with E-state index in [4.69, 9.17) is 31.9 Å². The van der Waals surface area contributed by atoms with Crippen LogP contribution in [0.4, 0.5) is 0 Å². The van der Waals surface area contributed by atoms with Crippen molar-refractivity contribution in [3.05, 3.63) is 21.7 Å². The molecule has 0 heterocycles. The highest BCUT2D eigenvalue weighted by atomic mass is 35.5. The molecule has 0 bridgehead atoms. The topological polar surface area (TPSA) is 81.8 Å². The van der Waals surface area contributed by atoms with Gasteiger partial charge in [-0.25, -0.2) is 0 Å². The largest absolute Gasteiger partial charge is 0.496 e. The number of rotatable bonds is 5. The molecule has 1 unspecified atom stereocenters. The third kappa shape index (κ3) is 2.93. The third-order valence-corrected chi connectivity index (χ3v) is 3.54. The Kier molecular flexibility index (Phi) is 5.03. The number of benzene rings is 1. The molecule has 1 rings (SSSR count). The molecule has 0 aromatic heterocycles. The normalized spacial score (nSPS) is 12.1. The Morgan fingerprint density at radius 3 is 2.21 bits per heavy atom. The molecule has 0 fully saturated rings. The summed E-state index contributed by atoms with van der Waals surface area (Å²) in [6, 6.07) is -1.00. The Morgan fingerprint density at radius 2 is 1.79 bits per heavy atom. The van der Waals surface area contributed by atoms with Gasteiger partial charge in [0.15, 0.2) is 0 Å². The number of carbonyl (C=O) groups is 1. The molecular formula is C13H18ClNO4. The zero-order chi connectivity index (χ0) is 14.7. The maximum absolute atomic E-state index is 10.9. The van der Waals surface area contributed by atoms with E-state index in [0.717, 1.165) is 5.56 Å². The van der Waals surface area contributed by atoms with Crippen LogP contribution in [0.1, 0.15) is 16.7 Å². The van der Waals surface area contributed by atoms with Crippen molar-refractivity contribution in [2.24, 2.45) is 5.73 Å². The van der Waals surface area contributed by atoms with Crippen LogP contribution in [-0.2, 0) is 11.2 Å². The molecule has 0 aliphatic rings. The molecule has 0 saturated carbocycles. The predicted molar refractivity (Wildman–Crippen MR) is 73.3 cm³/mol. The number of nitrogens with two attached hydrogens (primary N) is 1. The first-order valence-corrected chi connectivity index (χ1v) is 6.10. The number of carboxylic acids is 1.